The summed E-state index contributed by atoms with van der Waals surface area (Å²) in [6.45, 7) is 5.36. The molecule has 1 aromatic heterocycles. The number of rotatable bonds is 6. The first kappa shape index (κ1) is 15.2. The van der Waals surface area contributed by atoms with Crippen molar-refractivity contribution in [2.45, 2.75) is 52.1 Å². The third-order valence-electron chi connectivity index (χ3n) is 3.81. The minimum Gasteiger partial charge on any atom is -0.309 e. The Morgan fingerprint density at radius 3 is 2.86 bits per heavy atom. The van der Waals surface area contributed by atoms with Gasteiger partial charge in [-0.2, -0.15) is 0 Å². The van der Waals surface area contributed by atoms with Gasteiger partial charge >= 0.3 is 0 Å². The lowest BCUT2D eigenvalue weighted by Crippen LogP contribution is -2.15. The van der Waals surface area contributed by atoms with Gasteiger partial charge in [0.15, 0.2) is 0 Å². The lowest BCUT2D eigenvalue weighted by atomic mass is 10.1. The lowest BCUT2D eigenvalue weighted by molar-refractivity contribution is 0.686. The molecule has 0 amide bonds. The summed E-state index contributed by atoms with van der Waals surface area (Å²) < 4.78 is 1.13. The van der Waals surface area contributed by atoms with Crippen LogP contribution in [0.5, 0.6) is 0 Å². The van der Waals surface area contributed by atoms with E-state index in [0.717, 1.165) is 34.9 Å². The molecule has 1 aromatic carbocycles. The Morgan fingerprint density at radius 1 is 1.38 bits per heavy atom. The van der Waals surface area contributed by atoms with Gasteiger partial charge in [0.2, 0.25) is 0 Å². The molecule has 0 atom stereocenters. The number of aryl methyl sites for hydroxylation is 2. The molecule has 0 spiro atoms. The molecule has 21 heavy (non-hydrogen) atoms. The molecule has 2 aromatic rings. The van der Waals surface area contributed by atoms with Crippen LogP contribution >= 0.6 is 27.3 Å². The summed E-state index contributed by atoms with van der Waals surface area (Å²) in [4.78, 5) is 6.34. The highest BCUT2D eigenvalue weighted by Gasteiger charge is 2.21. The van der Waals surface area contributed by atoms with Crippen molar-refractivity contribution in [2.24, 2.45) is 0 Å². The molecule has 2 nitrogen and oxygen atoms in total. The molecule has 4 heteroatoms. The van der Waals surface area contributed by atoms with E-state index < -0.39 is 0 Å². The van der Waals surface area contributed by atoms with E-state index >= 15 is 0 Å². The fourth-order valence-corrected chi connectivity index (χ4v) is 4.09. The van der Waals surface area contributed by atoms with Crippen LogP contribution in [0.25, 0.3) is 10.6 Å². The number of nitrogens with one attached hydrogen (secondary N) is 1. The van der Waals surface area contributed by atoms with Gasteiger partial charge in [-0.05, 0) is 43.9 Å². The highest BCUT2D eigenvalue weighted by Crippen LogP contribution is 2.32. The van der Waals surface area contributed by atoms with Gasteiger partial charge in [0.25, 0.3) is 0 Å². The largest absolute Gasteiger partial charge is 0.309 e. The van der Waals surface area contributed by atoms with Crippen molar-refractivity contribution < 1.29 is 0 Å². The molecule has 1 saturated carbocycles. The van der Waals surface area contributed by atoms with Gasteiger partial charge in [0.05, 0.1) is 5.69 Å². The standard InChI is InChI=1S/C17H21BrN2S/c1-3-4-15-16(10-19-13-6-7-13)21-17(20-15)14-8-5-12(18)9-11(14)2/h5,8-9,13,19H,3-4,6-7,10H2,1-2H3. The van der Waals surface area contributed by atoms with Gasteiger partial charge in [0, 0.05) is 27.5 Å². The Bertz CT molecular complexity index is 632. The average molecular weight is 365 g/mol. The molecule has 1 aliphatic carbocycles. The van der Waals surface area contributed by atoms with E-state index in [1.807, 2.05) is 11.3 Å². The van der Waals surface area contributed by atoms with Crippen LogP contribution in [0, 0.1) is 6.92 Å². The van der Waals surface area contributed by atoms with E-state index in [1.54, 1.807) is 0 Å². The highest BCUT2D eigenvalue weighted by atomic mass is 79.9. The molecule has 1 fully saturated rings. The van der Waals surface area contributed by atoms with Crippen LogP contribution in [0.1, 0.15) is 42.3 Å². The fraction of sp³-hybridized carbons (Fsp3) is 0.471. The first-order valence-corrected chi connectivity index (χ1v) is 9.26. The Kier molecular flexibility index (Phi) is 4.77. The Hall–Kier alpha value is -0.710. The lowest BCUT2D eigenvalue weighted by Gasteiger charge is -2.02. The van der Waals surface area contributed by atoms with Crippen molar-refractivity contribution in [1.82, 2.24) is 10.3 Å². The summed E-state index contributed by atoms with van der Waals surface area (Å²) in [7, 11) is 0. The summed E-state index contributed by atoms with van der Waals surface area (Å²) in [5.41, 5.74) is 3.83. The Labute approximate surface area is 139 Å². The first-order valence-electron chi connectivity index (χ1n) is 7.66. The van der Waals surface area contributed by atoms with E-state index in [9.17, 15) is 0 Å². The van der Waals surface area contributed by atoms with Gasteiger partial charge in [0.1, 0.15) is 5.01 Å². The molecule has 0 radical (unpaired) electrons. The van der Waals surface area contributed by atoms with Crippen LogP contribution in [0.4, 0.5) is 0 Å². The Balaban J connectivity index is 1.88. The molecule has 3 rings (SSSR count). The zero-order chi connectivity index (χ0) is 14.8. The topological polar surface area (TPSA) is 24.9 Å². The maximum atomic E-state index is 4.92. The number of hydrogen-bond donors (Lipinski definition) is 1. The van der Waals surface area contributed by atoms with Gasteiger partial charge in [-0.3, -0.25) is 0 Å². The number of aromatic nitrogens is 1. The molecule has 0 bridgehead atoms. The van der Waals surface area contributed by atoms with Gasteiger partial charge in [-0.15, -0.1) is 11.3 Å². The predicted molar refractivity (Wildman–Crippen MR) is 93.8 cm³/mol. The van der Waals surface area contributed by atoms with Crippen molar-refractivity contribution in [1.29, 1.82) is 0 Å². The predicted octanol–water partition coefficient (Wildman–Crippen LogP) is 5.09. The minimum absolute atomic E-state index is 0.749. The molecule has 0 unspecified atom stereocenters. The molecular weight excluding hydrogens is 344 g/mol. The number of hydrogen-bond acceptors (Lipinski definition) is 3. The fourth-order valence-electron chi connectivity index (χ4n) is 2.46. The van der Waals surface area contributed by atoms with E-state index in [0.29, 0.717) is 0 Å². The maximum absolute atomic E-state index is 4.92. The summed E-state index contributed by atoms with van der Waals surface area (Å²) in [6.07, 6.45) is 4.90. The van der Waals surface area contributed by atoms with Gasteiger partial charge in [-0.1, -0.05) is 35.3 Å². The molecular formula is C17H21BrN2S. The third-order valence-corrected chi connectivity index (χ3v) is 5.44. The molecule has 0 saturated heterocycles. The second kappa shape index (κ2) is 6.59. The second-order valence-electron chi connectivity index (χ2n) is 5.75. The van der Waals surface area contributed by atoms with Crippen LogP contribution in [0.3, 0.4) is 0 Å². The summed E-state index contributed by atoms with van der Waals surface area (Å²) >= 11 is 5.39. The normalized spacial score (nSPS) is 14.6. The monoisotopic (exact) mass is 364 g/mol. The van der Waals surface area contributed by atoms with Crippen molar-refractivity contribution >= 4 is 27.3 Å². The Morgan fingerprint density at radius 2 is 2.19 bits per heavy atom. The zero-order valence-electron chi connectivity index (χ0n) is 12.6. The molecule has 1 heterocycles. The summed E-state index contributed by atoms with van der Waals surface area (Å²) in [6, 6.07) is 7.19. The zero-order valence-corrected chi connectivity index (χ0v) is 15.0. The highest BCUT2D eigenvalue weighted by molar-refractivity contribution is 9.10. The van der Waals surface area contributed by atoms with E-state index in [2.05, 4.69) is 53.3 Å². The number of nitrogens with zero attached hydrogens (tertiary/aromatic N) is 1. The van der Waals surface area contributed by atoms with Crippen LogP contribution in [0.2, 0.25) is 0 Å². The van der Waals surface area contributed by atoms with E-state index in [-0.39, 0.29) is 0 Å². The van der Waals surface area contributed by atoms with Crippen LogP contribution in [-0.2, 0) is 13.0 Å². The minimum atomic E-state index is 0.749. The van der Waals surface area contributed by atoms with E-state index in [1.165, 1.54) is 34.5 Å². The number of benzene rings is 1. The van der Waals surface area contributed by atoms with Crippen molar-refractivity contribution in [3.63, 3.8) is 0 Å². The average Bonchev–Trinajstić information content (AvgIpc) is 3.19. The number of halogens is 1. The molecule has 112 valence electrons. The van der Waals surface area contributed by atoms with Gasteiger partial charge < -0.3 is 5.32 Å². The van der Waals surface area contributed by atoms with Crippen LogP contribution in [-0.4, -0.2) is 11.0 Å². The van der Waals surface area contributed by atoms with Crippen molar-refractivity contribution in [3.05, 3.63) is 38.8 Å². The van der Waals surface area contributed by atoms with Crippen molar-refractivity contribution in [2.75, 3.05) is 0 Å². The van der Waals surface area contributed by atoms with Gasteiger partial charge in [-0.25, -0.2) is 4.98 Å². The number of thiazole rings is 1. The second-order valence-corrected chi connectivity index (χ2v) is 7.75. The molecule has 1 aliphatic rings. The molecule has 0 aliphatic heterocycles. The van der Waals surface area contributed by atoms with Crippen LogP contribution in [0.15, 0.2) is 22.7 Å². The van der Waals surface area contributed by atoms with Crippen LogP contribution < -0.4 is 5.32 Å². The maximum Gasteiger partial charge on any atom is 0.124 e. The smallest absolute Gasteiger partial charge is 0.124 e. The SMILES string of the molecule is CCCc1nc(-c2ccc(Br)cc2C)sc1CNC1CC1. The summed E-state index contributed by atoms with van der Waals surface area (Å²) in [5.74, 6) is 0. The quantitative estimate of drug-likeness (QED) is 0.772. The molecule has 1 N–H and O–H groups in total. The van der Waals surface area contributed by atoms with E-state index in [4.69, 9.17) is 4.98 Å². The third kappa shape index (κ3) is 3.74. The summed E-state index contributed by atoms with van der Waals surface area (Å²) in [5, 5.41) is 4.79. The first-order chi connectivity index (χ1) is 10.2. The van der Waals surface area contributed by atoms with Crippen molar-refractivity contribution in [3.8, 4) is 10.6 Å².